The Balaban J connectivity index is 1.51. The fourth-order valence-corrected chi connectivity index (χ4v) is 4.38. The highest BCUT2D eigenvalue weighted by Crippen LogP contribution is 2.43. The third-order valence-corrected chi connectivity index (χ3v) is 5.95. The average molecular weight is 385 g/mol. The van der Waals surface area contributed by atoms with E-state index in [4.69, 9.17) is 4.74 Å². The van der Waals surface area contributed by atoms with Crippen LogP contribution >= 0.6 is 0 Å². The van der Waals surface area contributed by atoms with E-state index in [0.29, 0.717) is 17.7 Å². The largest absolute Gasteiger partial charge is 0.451 e. The van der Waals surface area contributed by atoms with E-state index < -0.39 is 5.60 Å². The molecule has 2 aliphatic rings. The molecule has 1 aromatic rings. The highest BCUT2D eigenvalue weighted by molar-refractivity contribution is 6.07. The standard InChI is InChI=1S/C23H32N2O3/c1-3-25(17-19-11-6-4-7-12-19)16-10-15-24-21(26)20-18(2)22(27)28-23(20)13-8-5-9-14-23/h4,6-7,11-12H,3,5,8-10,13-17H2,1-2H3,(H,24,26). The van der Waals surface area contributed by atoms with Gasteiger partial charge in [-0.15, -0.1) is 0 Å². The van der Waals surface area contributed by atoms with Gasteiger partial charge in [-0.1, -0.05) is 43.7 Å². The number of carbonyl (C=O) groups is 2. The molecule has 152 valence electrons. The van der Waals surface area contributed by atoms with Crippen LogP contribution in [-0.2, 0) is 20.9 Å². The molecule has 5 nitrogen and oxygen atoms in total. The van der Waals surface area contributed by atoms with Gasteiger partial charge in [-0.2, -0.15) is 0 Å². The van der Waals surface area contributed by atoms with Crippen molar-refractivity contribution < 1.29 is 14.3 Å². The lowest BCUT2D eigenvalue weighted by Gasteiger charge is -2.34. The van der Waals surface area contributed by atoms with Crippen LogP contribution in [-0.4, -0.2) is 42.0 Å². The first-order valence-electron chi connectivity index (χ1n) is 10.5. The fourth-order valence-electron chi connectivity index (χ4n) is 4.38. The van der Waals surface area contributed by atoms with Gasteiger partial charge < -0.3 is 10.1 Å². The summed E-state index contributed by atoms with van der Waals surface area (Å²) in [5.74, 6) is -0.455. The van der Waals surface area contributed by atoms with Gasteiger partial charge in [-0.05, 0) is 51.1 Å². The van der Waals surface area contributed by atoms with E-state index in [-0.39, 0.29) is 11.9 Å². The van der Waals surface area contributed by atoms with Gasteiger partial charge in [0.1, 0.15) is 5.60 Å². The minimum Gasteiger partial charge on any atom is -0.451 e. The number of benzene rings is 1. The highest BCUT2D eigenvalue weighted by Gasteiger charge is 2.49. The Labute approximate surface area is 168 Å². The van der Waals surface area contributed by atoms with E-state index in [1.165, 1.54) is 5.56 Å². The lowest BCUT2D eigenvalue weighted by atomic mass is 9.78. The van der Waals surface area contributed by atoms with E-state index >= 15 is 0 Å². The van der Waals surface area contributed by atoms with Crippen molar-refractivity contribution >= 4 is 11.9 Å². The molecule has 1 aliphatic carbocycles. The maximum Gasteiger partial charge on any atom is 0.335 e. The molecule has 1 aliphatic heterocycles. The molecular weight excluding hydrogens is 352 g/mol. The SMILES string of the molecule is CCN(CCCNC(=O)C1=C(C)C(=O)OC12CCCCC2)Cc1ccccc1. The second-order valence-corrected chi connectivity index (χ2v) is 7.91. The van der Waals surface area contributed by atoms with Crippen LogP contribution in [0, 0.1) is 0 Å². The van der Waals surface area contributed by atoms with Crippen molar-refractivity contribution in [1.82, 2.24) is 10.2 Å². The minimum atomic E-state index is -0.674. The fraction of sp³-hybridized carbons (Fsp3) is 0.565. The summed E-state index contributed by atoms with van der Waals surface area (Å²) in [5.41, 5.74) is 1.69. The average Bonchev–Trinajstić information content (AvgIpc) is 2.94. The Morgan fingerprint density at radius 2 is 1.89 bits per heavy atom. The number of rotatable bonds is 8. The Kier molecular flexibility index (Phi) is 6.89. The van der Waals surface area contributed by atoms with Crippen molar-refractivity contribution in [2.75, 3.05) is 19.6 Å². The third-order valence-electron chi connectivity index (χ3n) is 5.95. The van der Waals surface area contributed by atoms with Crippen molar-refractivity contribution in [2.24, 2.45) is 0 Å². The van der Waals surface area contributed by atoms with Crippen LogP contribution in [0.2, 0.25) is 0 Å². The van der Waals surface area contributed by atoms with Crippen LogP contribution < -0.4 is 5.32 Å². The molecule has 3 rings (SSSR count). The van der Waals surface area contributed by atoms with E-state index in [1.807, 2.05) is 6.07 Å². The molecule has 0 atom stereocenters. The highest BCUT2D eigenvalue weighted by atomic mass is 16.6. The Morgan fingerprint density at radius 1 is 1.18 bits per heavy atom. The summed E-state index contributed by atoms with van der Waals surface area (Å²) in [6.45, 7) is 7.29. The summed E-state index contributed by atoms with van der Waals surface area (Å²) in [4.78, 5) is 27.4. The second kappa shape index (κ2) is 9.37. The number of nitrogens with zero attached hydrogens (tertiary/aromatic N) is 1. The van der Waals surface area contributed by atoms with Gasteiger partial charge in [0.25, 0.3) is 5.91 Å². The summed E-state index contributed by atoms with van der Waals surface area (Å²) in [6, 6.07) is 10.4. The monoisotopic (exact) mass is 384 g/mol. The molecule has 0 saturated heterocycles. The van der Waals surface area contributed by atoms with Gasteiger partial charge >= 0.3 is 5.97 Å². The quantitative estimate of drug-likeness (QED) is 0.550. The lowest BCUT2D eigenvalue weighted by Crippen LogP contribution is -2.41. The second-order valence-electron chi connectivity index (χ2n) is 7.91. The molecule has 0 bridgehead atoms. The molecule has 1 amide bonds. The van der Waals surface area contributed by atoms with Gasteiger partial charge in [-0.3, -0.25) is 9.69 Å². The molecule has 1 heterocycles. The Morgan fingerprint density at radius 3 is 2.57 bits per heavy atom. The molecular formula is C23H32N2O3. The van der Waals surface area contributed by atoms with E-state index in [0.717, 1.165) is 58.2 Å². The zero-order valence-corrected chi connectivity index (χ0v) is 17.1. The molecule has 1 N–H and O–H groups in total. The summed E-state index contributed by atoms with van der Waals surface area (Å²) in [5, 5.41) is 3.03. The first kappa shape index (κ1) is 20.6. The van der Waals surface area contributed by atoms with Crippen molar-refractivity contribution in [3.05, 3.63) is 47.0 Å². The van der Waals surface area contributed by atoms with Crippen molar-refractivity contribution in [1.29, 1.82) is 0 Å². The van der Waals surface area contributed by atoms with Crippen LogP contribution in [0.15, 0.2) is 41.5 Å². The number of ether oxygens (including phenoxy) is 1. The maximum atomic E-state index is 12.9. The molecule has 0 radical (unpaired) electrons. The third kappa shape index (κ3) is 4.64. The minimum absolute atomic E-state index is 0.128. The van der Waals surface area contributed by atoms with Crippen LogP contribution in [0.4, 0.5) is 0 Å². The van der Waals surface area contributed by atoms with E-state index in [9.17, 15) is 9.59 Å². The van der Waals surface area contributed by atoms with E-state index in [1.54, 1.807) is 6.92 Å². The number of carbonyl (C=O) groups excluding carboxylic acids is 2. The van der Waals surface area contributed by atoms with Crippen LogP contribution in [0.5, 0.6) is 0 Å². The summed E-state index contributed by atoms with van der Waals surface area (Å²) < 4.78 is 5.68. The van der Waals surface area contributed by atoms with Crippen molar-refractivity contribution in [3.63, 3.8) is 0 Å². The smallest absolute Gasteiger partial charge is 0.335 e. The van der Waals surface area contributed by atoms with Gasteiger partial charge in [-0.25, -0.2) is 4.79 Å². The molecule has 1 fully saturated rings. The van der Waals surface area contributed by atoms with Crippen molar-refractivity contribution in [2.45, 2.75) is 64.5 Å². The number of amides is 1. The molecule has 5 heteroatoms. The number of esters is 1. The first-order valence-corrected chi connectivity index (χ1v) is 10.5. The molecule has 1 aromatic carbocycles. The zero-order valence-electron chi connectivity index (χ0n) is 17.1. The predicted molar refractivity (Wildman–Crippen MR) is 110 cm³/mol. The summed E-state index contributed by atoms with van der Waals surface area (Å²) >= 11 is 0. The molecule has 28 heavy (non-hydrogen) atoms. The lowest BCUT2D eigenvalue weighted by molar-refractivity contribution is -0.149. The van der Waals surface area contributed by atoms with Gasteiger partial charge in [0.15, 0.2) is 0 Å². The number of hydrogen-bond acceptors (Lipinski definition) is 4. The topological polar surface area (TPSA) is 58.6 Å². The Hall–Kier alpha value is -2.14. The van der Waals surface area contributed by atoms with Crippen LogP contribution in [0.25, 0.3) is 0 Å². The van der Waals surface area contributed by atoms with Gasteiger partial charge in [0.2, 0.25) is 0 Å². The van der Waals surface area contributed by atoms with E-state index in [2.05, 4.69) is 41.4 Å². The Bertz CT molecular complexity index is 721. The number of nitrogens with one attached hydrogen (secondary N) is 1. The first-order chi connectivity index (χ1) is 13.6. The van der Waals surface area contributed by atoms with Crippen molar-refractivity contribution in [3.8, 4) is 0 Å². The van der Waals surface area contributed by atoms with Gasteiger partial charge in [0, 0.05) is 25.2 Å². The predicted octanol–water partition coefficient (Wildman–Crippen LogP) is 3.59. The molecule has 0 aromatic heterocycles. The van der Waals surface area contributed by atoms with Gasteiger partial charge in [0.05, 0.1) is 5.57 Å². The molecule has 0 unspecified atom stereocenters. The maximum absolute atomic E-state index is 12.9. The normalized spacial score (nSPS) is 18.6. The summed E-state index contributed by atoms with van der Waals surface area (Å²) in [7, 11) is 0. The zero-order chi connectivity index (χ0) is 20.0. The van der Waals surface area contributed by atoms with Crippen LogP contribution in [0.3, 0.4) is 0 Å². The number of hydrogen-bond donors (Lipinski definition) is 1. The molecule has 1 spiro atoms. The molecule has 1 saturated carbocycles. The summed E-state index contributed by atoms with van der Waals surface area (Å²) in [6.07, 6.45) is 5.55. The van der Waals surface area contributed by atoms with Crippen LogP contribution in [0.1, 0.15) is 57.9 Å².